The molecule has 5 nitrogen and oxygen atoms in total. The van der Waals surface area contributed by atoms with Crippen LogP contribution in [0.3, 0.4) is 0 Å². The molecule has 0 fully saturated rings. The summed E-state index contributed by atoms with van der Waals surface area (Å²) in [6.45, 7) is 0. The fraction of sp³-hybridized carbons (Fsp3) is 0. The summed E-state index contributed by atoms with van der Waals surface area (Å²) < 4.78 is 58.4. The number of thiophene rings is 1. The second kappa shape index (κ2) is 12.6. The Bertz CT molecular complexity index is 3810. The monoisotopic (exact) mass is 752 g/mol. The molecule has 0 bridgehead atoms. The van der Waals surface area contributed by atoms with Gasteiger partial charge in [-0.3, -0.25) is 0 Å². The Morgan fingerprint density at radius 2 is 1.00 bits per heavy atom. The van der Waals surface area contributed by atoms with Gasteiger partial charge >= 0.3 is 0 Å². The van der Waals surface area contributed by atoms with E-state index in [2.05, 4.69) is 78.9 Å². The first-order valence-electron chi connectivity index (χ1n) is 21.0. The fourth-order valence-electron chi connectivity index (χ4n) is 8.05. The molecule has 6 heteroatoms. The topological polar surface area (TPSA) is 65.0 Å². The van der Waals surface area contributed by atoms with Gasteiger partial charge in [0, 0.05) is 69.5 Å². The van der Waals surface area contributed by atoms with E-state index in [1.54, 1.807) is 11.3 Å². The smallest absolute Gasteiger partial charge is 0.167 e. The van der Waals surface area contributed by atoms with Crippen LogP contribution in [0.2, 0.25) is 0 Å². The first kappa shape index (κ1) is 27.2. The molecule has 0 aliphatic heterocycles. The van der Waals surface area contributed by atoms with Crippen molar-refractivity contribution >= 4 is 75.4 Å². The summed E-state index contributed by atoms with van der Waals surface area (Å²) in [6.07, 6.45) is 0. The molecule has 0 atom stereocenters. The van der Waals surface area contributed by atoms with Gasteiger partial charge in [0.05, 0.1) is 12.4 Å². The van der Waals surface area contributed by atoms with Gasteiger partial charge in [-0.15, -0.1) is 11.3 Å². The van der Waals surface area contributed by atoms with E-state index in [1.165, 1.54) is 10.1 Å². The quantitative estimate of drug-likeness (QED) is 0.175. The molecule has 4 aromatic heterocycles. The van der Waals surface area contributed by atoms with Gasteiger partial charge in [-0.2, -0.15) is 0 Å². The summed E-state index contributed by atoms with van der Waals surface area (Å²) in [5, 5.41) is 6.20. The van der Waals surface area contributed by atoms with Gasteiger partial charge < -0.3 is 8.83 Å². The lowest BCUT2D eigenvalue weighted by molar-refractivity contribution is 0.670. The first-order chi connectivity index (χ1) is 30.3. The highest BCUT2D eigenvalue weighted by atomic mass is 32.1. The molecule has 0 aliphatic rings. The fourth-order valence-corrected chi connectivity index (χ4v) is 9.26. The predicted molar refractivity (Wildman–Crippen MR) is 234 cm³/mol. The van der Waals surface area contributed by atoms with E-state index in [1.807, 2.05) is 66.7 Å². The first-order valence-corrected chi connectivity index (χ1v) is 19.3. The zero-order valence-corrected chi connectivity index (χ0v) is 30.7. The van der Waals surface area contributed by atoms with Crippen LogP contribution >= 0.6 is 11.3 Å². The SMILES string of the molecule is [2H]c1c([2H])c([2H])c(-c2nc(-c3ccccc3)nc(-c3cccc4c3oc3c(-c5cc(-c6cccc7c6oc6ccccc67)cc6c5sc5ccccc56)cccc34)n2)c([2H])c1[2H]. The van der Waals surface area contributed by atoms with E-state index in [-0.39, 0.29) is 23.0 Å². The van der Waals surface area contributed by atoms with Crippen LogP contribution < -0.4 is 0 Å². The molecular formula is C51H29N3O2S. The zero-order chi connectivity index (χ0) is 41.8. The zero-order valence-electron chi connectivity index (χ0n) is 34.9. The van der Waals surface area contributed by atoms with Crippen LogP contribution in [0.4, 0.5) is 0 Å². The van der Waals surface area contributed by atoms with E-state index in [0.717, 1.165) is 65.1 Å². The van der Waals surface area contributed by atoms with Crippen molar-refractivity contribution in [2.24, 2.45) is 0 Å². The van der Waals surface area contributed by atoms with Crippen molar-refractivity contribution in [2.45, 2.75) is 0 Å². The minimum absolute atomic E-state index is 0.0388. The maximum Gasteiger partial charge on any atom is 0.167 e. The van der Waals surface area contributed by atoms with Crippen molar-refractivity contribution < 1.29 is 15.7 Å². The minimum atomic E-state index is -0.491. The van der Waals surface area contributed by atoms with Gasteiger partial charge in [0.1, 0.15) is 22.3 Å². The van der Waals surface area contributed by atoms with Gasteiger partial charge in [0.25, 0.3) is 0 Å². The number of aromatic nitrogens is 3. The molecule has 266 valence electrons. The van der Waals surface area contributed by atoms with Crippen molar-refractivity contribution in [2.75, 3.05) is 0 Å². The van der Waals surface area contributed by atoms with E-state index in [4.69, 9.17) is 30.6 Å². The molecule has 8 aromatic carbocycles. The highest BCUT2D eigenvalue weighted by Crippen LogP contribution is 2.47. The molecule has 12 aromatic rings. The Morgan fingerprint density at radius 1 is 0.404 bits per heavy atom. The lowest BCUT2D eigenvalue weighted by Crippen LogP contribution is -2.00. The van der Waals surface area contributed by atoms with Crippen LogP contribution in [-0.4, -0.2) is 15.0 Å². The van der Waals surface area contributed by atoms with Crippen molar-refractivity contribution in [1.82, 2.24) is 15.0 Å². The third-order valence-electron chi connectivity index (χ3n) is 10.6. The summed E-state index contributed by atoms with van der Waals surface area (Å²) in [5.74, 6) is 0.484. The third kappa shape index (κ3) is 5.04. The minimum Gasteiger partial charge on any atom is -0.455 e. The average Bonchev–Trinajstić information content (AvgIpc) is 4.02. The van der Waals surface area contributed by atoms with Crippen LogP contribution in [-0.2, 0) is 0 Å². The molecule has 0 aliphatic carbocycles. The average molecular weight is 753 g/mol. The number of para-hydroxylation sites is 4. The Kier molecular flexibility index (Phi) is 6.00. The molecule has 57 heavy (non-hydrogen) atoms. The Morgan fingerprint density at radius 3 is 1.81 bits per heavy atom. The molecular weight excluding hydrogens is 719 g/mol. The maximum absolute atomic E-state index is 8.76. The molecule has 0 N–H and O–H groups in total. The summed E-state index contributed by atoms with van der Waals surface area (Å²) >= 11 is 1.75. The lowest BCUT2D eigenvalue weighted by atomic mass is 9.94. The second-order valence-electron chi connectivity index (χ2n) is 13.9. The number of nitrogens with zero attached hydrogens (tertiary/aromatic N) is 3. The number of rotatable bonds is 5. The Hall–Kier alpha value is -7.41. The Labute approximate surface area is 337 Å². The highest BCUT2D eigenvalue weighted by molar-refractivity contribution is 7.26. The van der Waals surface area contributed by atoms with Gasteiger partial charge in [-0.1, -0.05) is 145 Å². The van der Waals surface area contributed by atoms with Crippen molar-refractivity contribution in [3.63, 3.8) is 0 Å². The van der Waals surface area contributed by atoms with Gasteiger partial charge in [-0.25, -0.2) is 15.0 Å². The summed E-state index contributed by atoms with van der Waals surface area (Å²) in [5.41, 5.74) is 8.00. The molecule has 4 heterocycles. The highest BCUT2D eigenvalue weighted by Gasteiger charge is 2.22. The van der Waals surface area contributed by atoms with Crippen LogP contribution in [0.15, 0.2) is 185 Å². The van der Waals surface area contributed by atoms with Crippen molar-refractivity contribution in [3.05, 3.63) is 176 Å². The lowest BCUT2D eigenvalue weighted by Gasteiger charge is -2.10. The standard InChI is InChI=1S/C51H29N3O2S/c1-3-14-30(15-4-1)49-52-50(31-16-5-2-6-17-31)54-51(53-49)40-25-13-23-38-37-22-12-24-39(46(37)56-47(38)40)42-29-32(28-41-35-19-8-10-27-44(35)57-48(41)42)33-20-11-21-36-34-18-7-9-26-43(34)55-45(33)36/h1-29H/i1D,3D,4D,14D,15D. The van der Waals surface area contributed by atoms with Gasteiger partial charge in [-0.05, 0) is 35.9 Å². The maximum atomic E-state index is 8.76. The van der Waals surface area contributed by atoms with E-state index in [0.29, 0.717) is 22.3 Å². The summed E-state index contributed by atoms with van der Waals surface area (Å²) in [4.78, 5) is 14.5. The van der Waals surface area contributed by atoms with Crippen LogP contribution in [0.5, 0.6) is 0 Å². The second-order valence-corrected chi connectivity index (χ2v) is 15.0. The van der Waals surface area contributed by atoms with Gasteiger partial charge in [0.15, 0.2) is 17.5 Å². The van der Waals surface area contributed by atoms with E-state index in [9.17, 15) is 0 Å². The van der Waals surface area contributed by atoms with Crippen LogP contribution in [0, 0.1) is 0 Å². The molecule has 0 amide bonds. The normalized spacial score (nSPS) is 13.1. The molecule has 0 radical (unpaired) electrons. The van der Waals surface area contributed by atoms with Gasteiger partial charge in [0.2, 0.25) is 0 Å². The molecule has 0 saturated carbocycles. The number of fused-ring (bicyclic) bond motifs is 9. The van der Waals surface area contributed by atoms with E-state index < -0.39 is 30.2 Å². The number of hydrogen-bond acceptors (Lipinski definition) is 6. The molecule has 0 unspecified atom stereocenters. The van der Waals surface area contributed by atoms with Crippen LogP contribution in [0.25, 0.3) is 120 Å². The van der Waals surface area contributed by atoms with E-state index >= 15 is 0 Å². The largest absolute Gasteiger partial charge is 0.455 e. The molecule has 0 spiro atoms. The number of furan rings is 2. The van der Waals surface area contributed by atoms with Crippen molar-refractivity contribution in [3.8, 4) is 56.4 Å². The predicted octanol–water partition coefficient (Wildman–Crippen LogP) is 14.4. The third-order valence-corrected chi connectivity index (χ3v) is 11.9. The summed E-state index contributed by atoms with van der Waals surface area (Å²) in [6, 6.07) is 46.6. The number of benzene rings is 8. The number of hydrogen-bond donors (Lipinski definition) is 0. The summed E-state index contributed by atoms with van der Waals surface area (Å²) in [7, 11) is 0. The molecule has 12 rings (SSSR count). The van der Waals surface area contributed by atoms with Crippen molar-refractivity contribution in [1.29, 1.82) is 0 Å². The Balaban J connectivity index is 1.11. The van der Waals surface area contributed by atoms with Crippen LogP contribution in [0.1, 0.15) is 6.85 Å². The molecule has 0 saturated heterocycles.